The predicted octanol–water partition coefficient (Wildman–Crippen LogP) is 3.87. The van der Waals surface area contributed by atoms with E-state index in [0.717, 1.165) is 29.9 Å². The zero-order valence-electron chi connectivity index (χ0n) is 14.4. The van der Waals surface area contributed by atoms with E-state index in [9.17, 15) is 4.79 Å². The Kier molecular flexibility index (Phi) is 5.62. The van der Waals surface area contributed by atoms with Gasteiger partial charge in [-0.15, -0.1) is 0 Å². The molecule has 0 unspecified atom stereocenters. The van der Waals surface area contributed by atoms with E-state index < -0.39 is 0 Å². The van der Waals surface area contributed by atoms with Gasteiger partial charge in [0.15, 0.2) is 0 Å². The first-order valence-corrected chi connectivity index (χ1v) is 9.04. The summed E-state index contributed by atoms with van der Waals surface area (Å²) in [6.45, 7) is 2.58. The number of carbonyl (C=O) groups excluding carboxylic acids is 1. The van der Waals surface area contributed by atoms with Gasteiger partial charge in [0, 0.05) is 12.6 Å². The Bertz CT molecular complexity index is 659. The van der Waals surface area contributed by atoms with Crippen LogP contribution >= 0.6 is 0 Å². The van der Waals surface area contributed by atoms with Crippen LogP contribution in [0.1, 0.15) is 63.6 Å². The van der Waals surface area contributed by atoms with Crippen LogP contribution in [0, 0.1) is 0 Å². The summed E-state index contributed by atoms with van der Waals surface area (Å²) in [7, 11) is 0. The molecule has 2 aromatic rings. The number of nitrogens with one attached hydrogen (secondary N) is 1. The molecule has 5 heteroatoms. The van der Waals surface area contributed by atoms with Crippen molar-refractivity contribution in [2.75, 3.05) is 0 Å². The van der Waals surface area contributed by atoms with E-state index in [1.54, 1.807) is 0 Å². The summed E-state index contributed by atoms with van der Waals surface area (Å²) >= 11 is 0. The number of amides is 1. The molecule has 2 heterocycles. The van der Waals surface area contributed by atoms with Crippen molar-refractivity contribution in [1.82, 2.24) is 20.1 Å². The molecule has 5 nitrogen and oxygen atoms in total. The molecular formula is C19H26N4O. The summed E-state index contributed by atoms with van der Waals surface area (Å²) in [6, 6.07) is 8.47. The number of hydrogen-bond acceptors (Lipinski definition) is 3. The van der Waals surface area contributed by atoms with Gasteiger partial charge in [0.1, 0.15) is 0 Å². The molecular weight excluding hydrogens is 300 g/mol. The van der Waals surface area contributed by atoms with Gasteiger partial charge in [-0.25, -0.2) is 0 Å². The minimum atomic E-state index is 0.103. The zero-order chi connectivity index (χ0) is 16.8. The molecule has 0 atom stereocenters. The first kappa shape index (κ1) is 16.7. The van der Waals surface area contributed by atoms with Crippen LogP contribution in [0.2, 0.25) is 0 Å². The monoisotopic (exact) mass is 326 g/mol. The molecule has 0 aliphatic heterocycles. The second-order valence-electron chi connectivity index (χ2n) is 6.50. The number of aromatic nitrogens is 3. The Hall–Kier alpha value is -2.17. The van der Waals surface area contributed by atoms with E-state index in [0.29, 0.717) is 19.0 Å². The van der Waals surface area contributed by atoms with Gasteiger partial charge in [0.2, 0.25) is 5.91 Å². The van der Waals surface area contributed by atoms with Crippen LogP contribution in [-0.4, -0.2) is 20.7 Å². The van der Waals surface area contributed by atoms with Gasteiger partial charge in [-0.3, -0.25) is 14.5 Å². The zero-order valence-corrected chi connectivity index (χ0v) is 14.4. The van der Waals surface area contributed by atoms with Crippen LogP contribution in [0.25, 0.3) is 11.4 Å². The number of pyridine rings is 1. The van der Waals surface area contributed by atoms with Crippen LogP contribution in [-0.2, 0) is 11.3 Å². The standard InChI is InChI=1S/C19H26N4O/c1-2-3-11-19(24)21-14-15-13-18(17-10-6-7-12-20-17)23(22-15)16-8-4-5-9-16/h6-7,10,12-13,16H,2-5,8-9,11,14H2,1H3,(H,21,24). The Balaban J connectivity index is 1.77. The summed E-state index contributed by atoms with van der Waals surface area (Å²) in [5.41, 5.74) is 2.91. The van der Waals surface area contributed by atoms with Crippen molar-refractivity contribution in [1.29, 1.82) is 0 Å². The van der Waals surface area contributed by atoms with E-state index in [1.165, 1.54) is 25.7 Å². The Morgan fingerprint density at radius 2 is 2.17 bits per heavy atom. The molecule has 2 aromatic heterocycles. The molecule has 24 heavy (non-hydrogen) atoms. The van der Waals surface area contributed by atoms with Crippen molar-refractivity contribution in [2.24, 2.45) is 0 Å². The normalized spacial score (nSPS) is 14.9. The molecule has 3 rings (SSSR count). The Labute approximate surface area is 143 Å². The van der Waals surface area contributed by atoms with Gasteiger partial charge in [0.05, 0.1) is 29.7 Å². The number of carbonyl (C=O) groups is 1. The fourth-order valence-electron chi connectivity index (χ4n) is 3.28. The maximum absolute atomic E-state index is 11.8. The highest BCUT2D eigenvalue weighted by atomic mass is 16.1. The molecule has 0 spiro atoms. The second kappa shape index (κ2) is 8.08. The van der Waals surface area contributed by atoms with Crippen LogP contribution in [0.3, 0.4) is 0 Å². The quantitative estimate of drug-likeness (QED) is 0.840. The summed E-state index contributed by atoms with van der Waals surface area (Å²) in [5, 5.41) is 7.76. The van der Waals surface area contributed by atoms with Crippen molar-refractivity contribution in [3.05, 3.63) is 36.2 Å². The van der Waals surface area contributed by atoms with Gasteiger partial charge in [-0.05, 0) is 37.5 Å². The fourth-order valence-corrected chi connectivity index (χ4v) is 3.28. The van der Waals surface area contributed by atoms with Crippen LogP contribution in [0.15, 0.2) is 30.5 Å². The molecule has 1 fully saturated rings. The lowest BCUT2D eigenvalue weighted by Crippen LogP contribution is -2.22. The molecule has 0 bridgehead atoms. The predicted molar refractivity (Wildman–Crippen MR) is 94.3 cm³/mol. The van der Waals surface area contributed by atoms with E-state index in [4.69, 9.17) is 5.10 Å². The molecule has 1 aliphatic rings. The van der Waals surface area contributed by atoms with E-state index in [2.05, 4.69) is 28.0 Å². The maximum Gasteiger partial charge on any atom is 0.220 e. The number of unbranched alkanes of at least 4 members (excludes halogenated alkanes) is 1. The number of nitrogens with zero attached hydrogens (tertiary/aromatic N) is 3. The van der Waals surface area contributed by atoms with Gasteiger partial charge < -0.3 is 5.32 Å². The molecule has 1 amide bonds. The summed E-state index contributed by atoms with van der Waals surface area (Å²) in [4.78, 5) is 16.3. The van der Waals surface area contributed by atoms with Gasteiger partial charge in [0.25, 0.3) is 0 Å². The minimum Gasteiger partial charge on any atom is -0.350 e. The van der Waals surface area contributed by atoms with Crippen molar-refractivity contribution >= 4 is 5.91 Å². The molecule has 0 radical (unpaired) electrons. The smallest absolute Gasteiger partial charge is 0.220 e. The second-order valence-corrected chi connectivity index (χ2v) is 6.50. The lowest BCUT2D eigenvalue weighted by Gasteiger charge is -2.13. The third kappa shape index (κ3) is 4.02. The van der Waals surface area contributed by atoms with Crippen LogP contribution < -0.4 is 5.32 Å². The fraction of sp³-hybridized carbons (Fsp3) is 0.526. The third-order valence-electron chi connectivity index (χ3n) is 4.61. The first-order chi connectivity index (χ1) is 11.8. The van der Waals surface area contributed by atoms with Crippen molar-refractivity contribution in [3.8, 4) is 11.4 Å². The lowest BCUT2D eigenvalue weighted by molar-refractivity contribution is -0.121. The molecule has 1 N–H and O–H groups in total. The number of hydrogen-bond donors (Lipinski definition) is 1. The highest BCUT2D eigenvalue weighted by Gasteiger charge is 2.22. The topological polar surface area (TPSA) is 59.8 Å². The Morgan fingerprint density at radius 3 is 2.88 bits per heavy atom. The first-order valence-electron chi connectivity index (χ1n) is 9.04. The van der Waals surface area contributed by atoms with Gasteiger partial charge in [-0.2, -0.15) is 5.10 Å². The average molecular weight is 326 g/mol. The molecule has 128 valence electrons. The van der Waals surface area contributed by atoms with Gasteiger partial charge in [-0.1, -0.05) is 32.3 Å². The Morgan fingerprint density at radius 1 is 1.33 bits per heavy atom. The van der Waals surface area contributed by atoms with Crippen LogP contribution in [0.4, 0.5) is 0 Å². The molecule has 1 aliphatic carbocycles. The summed E-state index contributed by atoms with van der Waals surface area (Å²) in [5.74, 6) is 0.103. The average Bonchev–Trinajstić information content (AvgIpc) is 3.28. The van der Waals surface area contributed by atoms with Crippen molar-refractivity contribution in [2.45, 2.75) is 64.5 Å². The SMILES string of the molecule is CCCCC(=O)NCc1cc(-c2ccccn2)n(C2CCCC2)n1. The van der Waals surface area contributed by atoms with Crippen molar-refractivity contribution in [3.63, 3.8) is 0 Å². The highest BCUT2D eigenvalue weighted by Crippen LogP contribution is 2.33. The van der Waals surface area contributed by atoms with Crippen LogP contribution in [0.5, 0.6) is 0 Å². The molecule has 0 saturated heterocycles. The molecule has 0 aromatic carbocycles. The molecule has 1 saturated carbocycles. The van der Waals surface area contributed by atoms with E-state index >= 15 is 0 Å². The van der Waals surface area contributed by atoms with E-state index in [-0.39, 0.29) is 5.91 Å². The maximum atomic E-state index is 11.8. The third-order valence-corrected chi connectivity index (χ3v) is 4.61. The largest absolute Gasteiger partial charge is 0.350 e. The number of rotatable bonds is 7. The summed E-state index contributed by atoms with van der Waals surface area (Å²) < 4.78 is 2.13. The van der Waals surface area contributed by atoms with Gasteiger partial charge >= 0.3 is 0 Å². The highest BCUT2D eigenvalue weighted by molar-refractivity contribution is 5.75. The lowest BCUT2D eigenvalue weighted by atomic mass is 10.2. The van der Waals surface area contributed by atoms with E-state index in [1.807, 2.05) is 24.4 Å². The summed E-state index contributed by atoms with van der Waals surface area (Å²) in [6.07, 6.45) is 9.23. The minimum absolute atomic E-state index is 0.103. The van der Waals surface area contributed by atoms with Crippen molar-refractivity contribution < 1.29 is 4.79 Å².